The highest BCUT2D eigenvalue weighted by Crippen LogP contribution is 2.31. The van der Waals surface area contributed by atoms with Crippen LogP contribution in [0.15, 0.2) is 22.7 Å². The molecule has 0 radical (unpaired) electrons. The Balaban J connectivity index is 1.56. The lowest BCUT2D eigenvalue weighted by Gasteiger charge is -2.35. The number of hydrogen-bond acceptors (Lipinski definition) is 3. The Morgan fingerprint density at radius 2 is 1.80 bits per heavy atom. The summed E-state index contributed by atoms with van der Waals surface area (Å²) in [6.07, 6.45) is 5.38. The van der Waals surface area contributed by atoms with Crippen molar-refractivity contribution in [2.24, 2.45) is 5.92 Å². The van der Waals surface area contributed by atoms with E-state index in [1.807, 2.05) is 12.1 Å². The van der Waals surface area contributed by atoms with Crippen LogP contribution in [-0.4, -0.2) is 37.6 Å². The van der Waals surface area contributed by atoms with Gasteiger partial charge in [0.15, 0.2) is 0 Å². The number of rotatable bonds is 3. The molecule has 2 aliphatic heterocycles. The lowest BCUT2D eigenvalue weighted by Crippen LogP contribution is -2.38. The summed E-state index contributed by atoms with van der Waals surface area (Å²) in [5.41, 5.74) is 8.20. The number of nitrogens with two attached hydrogens (primary N) is 1. The van der Waals surface area contributed by atoms with Crippen LogP contribution in [-0.2, 0) is 0 Å². The van der Waals surface area contributed by atoms with Gasteiger partial charge in [0, 0.05) is 24.1 Å². The van der Waals surface area contributed by atoms with Crippen molar-refractivity contribution >= 4 is 27.3 Å². The summed E-state index contributed by atoms with van der Waals surface area (Å²) in [6.45, 7) is 6.22. The fraction of sp³-hybridized carbons (Fsp3) is 0.625. The van der Waals surface area contributed by atoms with Crippen LogP contribution in [0.4, 0.5) is 11.4 Å². The van der Waals surface area contributed by atoms with Gasteiger partial charge in [-0.05, 0) is 62.9 Å². The molecule has 20 heavy (non-hydrogen) atoms. The highest BCUT2D eigenvalue weighted by atomic mass is 79.9. The van der Waals surface area contributed by atoms with Gasteiger partial charge in [-0.2, -0.15) is 0 Å². The van der Waals surface area contributed by atoms with Crippen LogP contribution in [0.3, 0.4) is 0 Å². The molecule has 2 aliphatic rings. The molecule has 1 aromatic carbocycles. The number of nitrogens with zero attached hydrogens (tertiary/aromatic N) is 2. The van der Waals surface area contributed by atoms with E-state index in [2.05, 4.69) is 31.8 Å². The van der Waals surface area contributed by atoms with Crippen LogP contribution in [0.2, 0.25) is 0 Å². The number of anilines is 2. The van der Waals surface area contributed by atoms with Crippen molar-refractivity contribution in [2.45, 2.75) is 25.7 Å². The van der Waals surface area contributed by atoms with Gasteiger partial charge < -0.3 is 15.5 Å². The van der Waals surface area contributed by atoms with E-state index in [0.717, 1.165) is 29.2 Å². The first-order chi connectivity index (χ1) is 9.72. The van der Waals surface area contributed by atoms with Crippen LogP contribution < -0.4 is 10.6 Å². The third-order valence-electron chi connectivity index (χ3n) is 4.66. The van der Waals surface area contributed by atoms with Crippen LogP contribution in [0.1, 0.15) is 25.7 Å². The number of hydrogen-bond donors (Lipinski definition) is 1. The molecule has 0 aliphatic carbocycles. The zero-order valence-electron chi connectivity index (χ0n) is 12.0. The van der Waals surface area contributed by atoms with Crippen molar-refractivity contribution in [3.8, 4) is 0 Å². The molecule has 2 saturated heterocycles. The van der Waals surface area contributed by atoms with E-state index in [4.69, 9.17) is 5.73 Å². The van der Waals surface area contributed by atoms with Gasteiger partial charge in [-0.25, -0.2) is 0 Å². The Hall–Kier alpha value is -0.740. The summed E-state index contributed by atoms with van der Waals surface area (Å²) < 4.78 is 1.11. The molecule has 0 saturated carbocycles. The minimum Gasteiger partial charge on any atom is -0.397 e. The number of piperidine rings is 1. The first-order valence-electron chi connectivity index (χ1n) is 7.75. The highest BCUT2D eigenvalue weighted by molar-refractivity contribution is 9.10. The summed E-state index contributed by atoms with van der Waals surface area (Å²) >= 11 is 3.54. The van der Waals surface area contributed by atoms with E-state index in [9.17, 15) is 0 Å². The Bertz CT molecular complexity index is 449. The van der Waals surface area contributed by atoms with Gasteiger partial charge in [0.05, 0.1) is 11.4 Å². The van der Waals surface area contributed by atoms with Gasteiger partial charge >= 0.3 is 0 Å². The predicted molar refractivity (Wildman–Crippen MR) is 89.2 cm³/mol. The summed E-state index contributed by atoms with van der Waals surface area (Å²) in [4.78, 5) is 5.09. The lowest BCUT2D eigenvalue weighted by molar-refractivity contribution is 0.249. The van der Waals surface area contributed by atoms with Crippen molar-refractivity contribution < 1.29 is 0 Å². The second kappa shape index (κ2) is 6.35. The number of benzene rings is 1. The molecule has 2 heterocycles. The molecule has 3 nitrogen and oxygen atoms in total. The molecule has 0 atom stereocenters. The molecule has 0 bridgehead atoms. The van der Waals surface area contributed by atoms with E-state index < -0.39 is 0 Å². The zero-order chi connectivity index (χ0) is 13.9. The molecule has 3 rings (SSSR count). The average Bonchev–Trinajstić information content (AvgIpc) is 2.95. The van der Waals surface area contributed by atoms with Gasteiger partial charge in [0.1, 0.15) is 0 Å². The largest absolute Gasteiger partial charge is 0.397 e. The summed E-state index contributed by atoms with van der Waals surface area (Å²) in [5.74, 6) is 0.873. The standard InChI is InChI=1S/C16H24BrN3/c17-14-3-4-15(18)16(11-14)20-9-5-13(6-10-20)12-19-7-1-2-8-19/h3-4,11,13H,1-2,5-10,12,18H2. The maximum absolute atomic E-state index is 6.12. The molecule has 2 N–H and O–H groups in total. The Morgan fingerprint density at radius 3 is 2.50 bits per heavy atom. The molecule has 0 amide bonds. The van der Waals surface area contributed by atoms with Gasteiger partial charge in [-0.3, -0.25) is 0 Å². The van der Waals surface area contributed by atoms with Crippen molar-refractivity contribution in [3.05, 3.63) is 22.7 Å². The minimum atomic E-state index is 0.873. The smallest absolute Gasteiger partial charge is 0.0611 e. The van der Waals surface area contributed by atoms with Gasteiger partial charge in [-0.15, -0.1) is 0 Å². The molecule has 0 aromatic heterocycles. The van der Waals surface area contributed by atoms with Gasteiger partial charge in [-0.1, -0.05) is 15.9 Å². The van der Waals surface area contributed by atoms with Crippen molar-refractivity contribution in [1.29, 1.82) is 0 Å². The topological polar surface area (TPSA) is 32.5 Å². The first kappa shape index (κ1) is 14.2. The highest BCUT2D eigenvalue weighted by Gasteiger charge is 2.23. The molecule has 1 aromatic rings. The van der Waals surface area contributed by atoms with Crippen molar-refractivity contribution in [1.82, 2.24) is 4.90 Å². The van der Waals surface area contributed by atoms with Gasteiger partial charge in [0.2, 0.25) is 0 Å². The van der Waals surface area contributed by atoms with Gasteiger partial charge in [0.25, 0.3) is 0 Å². The summed E-state index contributed by atoms with van der Waals surface area (Å²) in [7, 11) is 0. The fourth-order valence-electron chi connectivity index (χ4n) is 3.48. The predicted octanol–water partition coefficient (Wildman–Crippen LogP) is 3.34. The Labute approximate surface area is 130 Å². The third kappa shape index (κ3) is 3.29. The Morgan fingerprint density at radius 1 is 1.10 bits per heavy atom. The van der Waals surface area contributed by atoms with Crippen molar-refractivity contribution in [2.75, 3.05) is 43.4 Å². The number of halogens is 1. The quantitative estimate of drug-likeness (QED) is 0.858. The first-order valence-corrected chi connectivity index (χ1v) is 8.54. The van der Waals surface area contributed by atoms with E-state index in [0.29, 0.717) is 0 Å². The second-order valence-corrected chi connectivity index (χ2v) is 7.06. The van der Waals surface area contributed by atoms with E-state index in [1.165, 1.54) is 51.0 Å². The maximum atomic E-state index is 6.12. The minimum absolute atomic E-state index is 0.873. The normalized spacial score (nSPS) is 21.6. The zero-order valence-corrected chi connectivity index (χ0v) is 13.6. The second-order valence-electron chi connectivity index (χ2n) is 6.14. The Kier molecular flexibility index (Phi) is 4.51. The average molecular weight is 338 g/mol. The SMILES string of the molecule is Nc1ccc(Br)cc1N1CCC(CN2CCCC2)CC1. The van der Waals surface area contributed by atoms with Crippen LogP contribution in [0, 0.1) is 5.92 Å². The van der Waals surface area contributed by atoms with E-state index in [-0.39, 0.29) is 0 Å². The molecular formula is C16H24BrN3. The third-order valence-corrected chi connectivity index (χ3v) is 5.16. The number of likely N-dealkylation sites (tertiary alicyclic amines) is 1. The van der Waals surface area contributed by atoms with E-state index in [1.54, 1.807) is 0 Å². The van der Waals surface area contributed by atoms with Crippen LogP contribution >= 0.6 is 15.9 Å². The van der Waals surface area contributed by atoms with E-state index >= 15 is 0 Å². The molecular weight excluding hydrogens is 314 g/mol. The number of nitrogen functional groups attached to an aromatic ring is 1. The van der Waals surface area contributed by atoms with Crippen LogP contribution in [0.5, 0.6) is 0 Å². The summed E-state index contributed by atoms with van der Waals surface area (Å²) in [6, 6.07) is 6.16. The monoisotopic (exact) mass is 337 g/mol. The fourth-order valence-corrected chi connectivity index (χ4v) is 3.83. The molecule has 4 heteroatoms. The van der Waals surface area contributed by atoms with Crippen molar-refractivity contribution in [3.63, 3.8) is 0 Å². The van der Waals surface area contributed by atoms with Crippen LogP contribution in [0.25, 0.3) is 0 Å². The molecule has 0 spiro atoms. The molecule has 0 unspecified atom stereocenters. The molecule has 110 valence electrons. The molecule has 2 fully saturated rings. The lowest BCUT2D eigenvalue weighted by atomic mass is 9.95. The summed E-state index contributed by atoms with van der Waals surface area (Å²) in [5, 5.41) is 0. The maximum Gasteiger partial charge on any atom is 0.0611 e.